The van der Waals surface area contributed by atoms with Crippen molar-refractivity contribution in [3.8, 4) is 11.5 Å². The first-order valence-electron chi connectivity index (χ1n) is 8.48. The van der Waals surface area contributed by atoms with Crippen LogP contribution in [0.1, 0.15) is 17.0 Å². The van der Waals surface area contributed by atoms with Gasteiger partial charge < -0.3 is 9.47 Å². The molecule has 0 aliphatic heterocycles. The van der Waals surface area contributed by atoms with E-state index in [1.807, 2.05) is 0 Å². The summed E-state index contributed by atoms with van der Waals surface area (Å²) in [7, 11) is 1.54. The lowest BCUT2D eigenvalue weighted by atomic mass is 10.1. The quantitative estimate of drug-likeness (QED) is 0.207. The zero-order valence-corrected chi connectivity index (χ0v) is 15.9. The van der Waals surface area contributed by atoms with Gasteiger partial charge in [-0.1, -0.05) is 0 Å². The Morgan fingerprint density at radius 3 is 2.21 bits per heavy atom. The second kappa shape index (κ2) is 8.30. The summed E-state index contributed by atoms with van der Waals surface area (Å²) < 4.78 is 10.5. The molecule has 10 nitrogen and oxygen atoms in total. The number of rotatable bonds is 6. The molecule has 0 saturated heterocycles. The number of methoxy groups -OCH3 is 1. The number of carbonyl (C=O) groups excluding carboxylic acids is 1. The number of hydrogen-bond acceptors (Lipinski definition) is 8. The molecule has 0 amide bonds. The van der Waals surface area contributed by atoms with Gasteiger partial charge in [-0.15, -0.1) is 15.0 Å². The molecule has 0 radical (unpaired) electrons. The lowest BCUT2D eigenvalue weighted by molar-refractivity contribution is -0.384. The molecular formula is C19H17N5O5. The molecule has 148 valence electrons. The number of carbonyl (C=O) groups is 1. The number of nitro groups is 1. The van der Waals surface area contributed by atoms with Crippen molar-refractivity contribution in [3.05, 3.63) is 75.6 Å². The standard InChI is InChI=1S/C19H17N5O5/c1-12-13(2)23(22-20-12)21-18(14-4-8-16(28-3)9-5-14)19(25)29-17-10-6-15(7-11-17)24(26)27/h4-11H,1-3H3/b21-18+. The molecule has 0 fully saturated rings. The SMILES string of the molecule is COc1ccc(/C(=N\n2nnc(C)c2C)C(=O)Oc2ccc([N+](=O)[O-])cc2)cc1. The first-order chi connectivity index (χ1) is 13.9. The number of hydrogen-bond donors (Lipinski definition) is 0. The van der Waals surface area contributed by atoms with E-state index in [0.29, 0.717) is 22.7 Å². The fourth-order valence-electron chi connectivity index (χ4n) is 2.34. The number of nitrogens with zero attached hydrogens (tertiary/aromatic N) is 5. The summed E-state index contributed by atoms with van der Waals surface area (Å²) in [5.41, 5.74) is 1.69. The largest absolute Gasteiger partial charge is 0.497 e. The molecule has 3 rings (SSSR count). The van der Waals surface area contributed by atoms with Crippen molar-refractivity contribution in [2.45, 2.75) is 13.8 Å². The van der Waals surface area contributed by atoms with Crippen LogP contribution in [0.15, 0.2) is 53.6 Å². The predicted octanol–water partition coefficient (Wildman–Crippen LogP) is 2.67. The van der Waals surface area contributed by atoms with E-state index in [1.54, 1.807) is 38.1 Å². The monoisotopic (exact) mass is 395 g/mol. The zero-order chi connectivity index (χ0) is 21.0. The maximum Gasteiger partial charge on any atom is 0.364 e. The third-order valence-electron chi connectivity index (χ3n) is 4.11. The summed E-state index contributed by atoms with van der Waals surface area (Å²) in [4.78, 5) is 24.3. The van der Waals surface area contributed by atoms with Crippen LogP contribution >= 0.6 is 0 Å². The Kier molecular flexibility index (Phi) is 5.63. The normalized spacial score (nSPS) is 11.2. The van der Waals surface area contributed by atoms with Crippen LogP contribution in [0.2, 0.25) is 0 Å². The van der Waals surface area contributed by atoms with E-state index in [-0.39, 0.29) is 17.1 Å². The van der Waals surface area contributed by atoms with Crippen LogP contribution in [-0.2, 0) is 4.79 Å². The third kappa shape index (κ3) is 4.43. The molecule has 0 bridgehead atoms. The first kappa shape index (κ1) is 19.7. The Morgan fingerprint density at radius 2 is 1.69 bits per heavy atom. The second-order valence-electron chi connectivity index (χ2n) is 5.97. The summed E-state index contributed by atoms with van der Waals surface area (Å²) in [6.07, 6.45) is 0. The number of benzene rings is 2. The van der Waals surface area contributed by atoms with E-state index < -0.39 is 10.9 Å². The highest BCUT2D eigenvalue weighted by Crippen LogP contribution is 2.19. The second-order valence-corrected chi connectivity index (χ2v) is 5.97. The zero-order valence-electron chi connectivity index (χ0n) is 15.9. The number of esters is 1. The van der Waals surface area contributed by atoms with Crippen LogP contribution in [0, 0.1) is 24.0 Å². The molecule has 0 aliphatic rings. The van der Waals surface area contributed by atoms with Gasteiger partial charge in [0, 0.05) is 17.7 Å². The smallest absolute Gasteiger partial charge is 0.364 e. The minimum Gasteiger partial charge on any atom is -0.497 e. The molecule has 2 aromatic carbocycles. The van der Waals surface area contributed by atoms with Gasteiger partial charge in [-0.2, -0.15) is 0 Å². The first-order valence-corrected chi connectivity index (χ1v) is 8.48. The Labute approximate surface area is 165 Å². The van der Waals surface area contributed by atoms with E-state index in [1.165, 1.54) is 36.2 Å². The minimum atomic E-state index is -0.753. The Morgan fingerprint density at radius 1 is 1.07 bits per heavy atom. The number of nitro benzene ring substituents is 1. The number of non-ortho nitro benzene ring substituents is 1. The molecule has 0 N–H and O–H groups in total. The van der Waals surface area contributed by atoms with Gasteiger partial charge in [-0.3, -0.25) is 10.1 Å². The Hall–Kier alpha value is -4.08. The maximum atomic E-state index is 12.8. The van der Waals surface area contributed by atoms with Gasteiger partial charge in [0.15, 0.2) is 5.71 Å². The summed E-state index contributed by atoms with van der Waals surface area (Å²) in [5, 5.41) is 22.9. The average Bonchev–Trinajstić information content (AvgIpc) is 3.04. The van der Waals surface area contributed by atoms with E-state index >= 15 is 0 Å². The fraction of sp³-hybridized carbons (Fsp3) is 0.158. The third-order valence-corrected chi connectivity index (χ3v) is 4.11. The highest BCUT2D eigenvalue weighted by Gasteiger charge is 2.19. The van der Waals surface area contributed by atoms with Crippen molar-refractivity contribution in [2.24, 2.45) is 5.10 Å². The van der Waals surface area contributed by atoms with Gasteiger partial charge >= 0.3 is 5.97 Å². The van der Waals surface area contributed by atoms with E-state index in [2.05, 4.69) is 15.4 Å². The Bertz CT molecular complexity index is 1070. The van der Waals surface area contributed by atoms with Crippen molar-refractivity contribution in [2.75, 3.05) is 7.11 Å². The number of aryl methyl sites for hydroxylation is 1. The van der Waals surface area contributed by atoms with Crippen LogP contribution in [0.25, 0.3) is 0 Å². The van der Waals surface area contributed by atoms with Crippen LogP contribution in [0.4, 0.5) is 5.69 Å². The fourth-order valence-corrected chi connectivity index (χ4v) is 2.34. The molecule has 1 heterocycles. The molecule has 10 heteroatoms. The minimum absolute atomic E-state index is 0.0148. The van der Waals surface area contributed by atoms with Crippen LogP contribution in [-0.4, -0.2) is 38.8 Å². The van der Waals surface area contributed by atoms with Crippen LogP contribution < -0.4 is 9.47 Å². The van der Waals surface area contributed by atoms with E-state index in [4.69, 9.17) is 9.47 Å². The van der Waals surface area contributed by atoms with Gasteiger partial charge in [-0.05, 0) is 55.5 Å². The van der Waals surface area contributed by atoms with Gasteiger partial charge in [0.25, 0.3) is 5.69 Å². The highest BCUT2D eigenvalue weighted by molar-refractivity contribution is 6.43. The number of ether oxygens (including phenoxy) is 2. The van der Waals surface area contributed by atoms with Crippen molar-refractivity contribution >= 4 is 17.4 Å². The molecule has 29 heavy (non-hydrogen) atoms. The average molecular weight is 395 g/mol. The summed E-state index contributed by atoms with van der Waals surface area (Å²) in [6, 6.07) is 11.9. The number of aromatic nitrogens is 3. The van der Waals surface area contributed by atoms with Crippen LogP contribution in [0.3, 0.4) is 0 Å². The molecule has 0 aliphatic carbocycles. The maximum absolute atomic E-state index is 12.8. The molecule has 0 unspecified atom stereocenters. The van der Waals surface area contributed by atoms with E-state index in [0.717, 1.165) is 0 Å². The van der Waals surface area contributed by atoms with Crippen molar-refractivity contribution in [3.63, 3.8) is 0 Å². The van der Waals surface area contributed by atoms with E-state index in [9.17, 15) is 14.9 Å². The molecular weight excluding hydrogens is 378 g/mol. The summed E-state index contributed by atoms with van der Waals surface area (Å²) in [5.74, 6) is 0.00879. The predicted molar refractivity (Wildman–Crippen MR) is 103 cm³/mol. The van der Waals surface area contributed by atoms with Gasteiger partial charge in [-0.25, -0.2) is 4.79 Å². The lowest BCUT2D eigenvalue weighted by Crippen LogP contribution is -2.23. The molecule has 1 aromatic heterocycles. The van der Waals surface area contributed by atoms with Crippen molar-refractivity contribution in [1.82, 2.24) is 15.1 Å². The van der Waals surface area contributed by atoms with Crippen molar-refractivity contribution < 1.29 is 19.2 Å². The summed E-state index contributed by atoms with van der Waals surface area (Å²) >= 11 is 0. The van der Waals surface area contributed by atoms with Crippen molar-refractivity contribution in [1.29, 1.82) is 0 Å². The van der Waals surface area contributed by atoms with Gasteiger partial charge in [0.05, 0.1) is 23.4 Å². The highest BCUT2D eigenvalue weighted by atomic mass is 16.6. The molecule has 3 aromatic rings. The topological polar surface area (TPSA) is 122 Å². The van der Waals surface area contributed by atoms with Gasteiger partial charge in [0.2, 0.25) is 0 Å². The summed E-state index contributed by atoms with van der Waals surface area (Å²) in [6.45, 7) is 3.54. The Balaban J connectivity index is 1.96. The molecule has 0 spiro atoms. The molecule has 0 saturated carbocycles. The lowest BCUT2D eigenvalue weighted by Gasteiger charge is -2.08. The van der Waals surface area contributed by atoms with Gasteiger partial charge in [0.1, 0.15) is 11.5 Å². The van der Waals surface area contributed by atoms with Crippen LogP contribution in [0.5, 0.6) is 11.5 Å². The molecule has 0 atom stereocenters.